The van der Waals surface area contributed by atoms with Gasteiger partial charge in [0.2, 0.25) is 0 Å². The SMILES string of the molecule is Cc1cc(C)c(N2C(=O)c3cccc(-n4c5c(-c6cc(C(F)(F)F)cc(C(F)(F)F)c6)cccc5c5cccc(-c6cc(C(F)(F)F)cc(C(F)(F)F)c6)c54)c3C2=O)c(C)c1. The van der Waals surface area contributed by atoms with Crippen molar-refractivity contribution in [2.45, 2.75) is 45.5 Å². The second-order valence-electron chi connectivity index (χ2n) is 14.7. The van der Waals surface area contributed by atoms with Crippen molar-refractivity contribution in [3.05, 3.63) is 153 Å². The van der Waals surface area contributed by atoms with E-state index in [9.17, 15) is 62.3 Å². The fourth-order valence-corrected chi connectivity index (χ4v) is 8.23. The van der Waals surface area contributed by atoms with Gasteiger partial charge in [0.1, 0.15) is 0 Å². The van der Waals surface area contributed by atoms with Gasteiger partial charge in [-0.25, -0.2) is 4.90 Å². The molecule has 312 valence electrons. The van der Waals surface area contributed by atoms with Crippen LogP contribution in [0, 0.1) is 20.8 Å². The van der Waals surface area contributed by atoms with Gasteiger partial charge in [0.25, 0.3) is 11.8 Å². The van der Waals surface area contributed by atoms with Crippen LogP contribution in [0.3, 0.4) is 0 Å². The van der Waals surface area contributed by atoms with E-state index >= 15 is 0 Å². The molecule has 6 aromatic carbocycles. The third-order valence-electron chi connectivity index (χ3n) is 10.6. The molecule has 4 nitrogen and oxygen atoms in total. The minimum atomic E-state index is -5.27. The minimum absolute atomic E-state index is 0.0683. The molecule has 0 fully saturated rings. The first-order valence-corrected chi connectivity index (χ1v) is 18.1. The Bertz CT molecular complexity index is 2790. The predicted molar refractivity (Wildman–Crippen MR) is 203 cm³/mol. The van der Waals surface area contributed by atoms with Crippen LogP contribution in [-0.4, -0.2) is 16.4 Å². The van der Waals surface area contributed by atoms with Gasteiger partial charge in [-0.2, -0.15) is 52.7 Å². The number of hydrogen-bond acceptors (Lipinski definition) is 2. The van der Waals surface area contributed by atoms with E-state index in [4.69, 9.17) is 0 Å². The highest BCUT2D eigenvalue weighted by Crippen LogP contribution is 2.48. The van der Waals surface area contributed by atoms with E-state index in [1.165, 1.54) is 59.2 Å². The number of fused-ring (bicyclic) bond motifs is 4. The van der Waals surface area contributed by atoms with Gasteiger partial charge in [-0.05, 0) is 91.6 Å². The average Bonchev–Trinajstić information content (AvgIpc) is 3.63. The third kappa shape index (κ3) is 6.87. The molecule has 1 aromatic heterocycles. The van der Waals surface area contributed by atoms with Gasteiger partial charge in [0.05, 0.1) is 55.8 Å². The maximum atomic E-state index is 14.7. The monoisotopic (exact) mass is 854 g/mol. The fourth-order valence-electron chi connectivity index (χ4n) is 8.23. The Hall–Kier alpha value is -6.58. The second-order valence-corrected chi connectivity index (χ2v) is 14.7. The number of amides is 2. The van der Waals surface area contributed by atoms with E-state index < -0.39 is 69.9 Å². The molecule has 7 aromatic rings. The zero-order chi connectivity index (χ0) is 44.3. The maximum Gasteiger partial charge on any atom is 0.416 e. The molecule has 0 saturated heterocycles. The molecule has 0 saturated carbocycles. The highest BCUT2D eigenvalue weighted by molar-refractivity contribution is 6.36. The summed E-state index contributed by atoms with van der Waals surface area (Å²) in [6.45, 7) is 5.13. The van der Waals surface area contributed by atoms with Crippen LogP contribution in [0.4, 0.5) is 58.4 Å². The number of aromatic nitrogens is 1. The Morgan fingerprint density at radius 3 is 1.21 bits per heavy atom. The van der Waals surface area contributed by atoms with Crippen molar-refractivity contribution < 1.29 is 62.3 Å². The summed E-state index contributed by atoms with van der Waals surface area (Å²) in [5, 5.41) is 0.166. The van der Waals surface area contributed by atoms with Crippen LogP contribution in [-0.2, 0) is 24.7 Å². The quantitative estimate of drug-likeness (QED) is 0.131. The van der Waals surface area contributed by atoms with Gasteiger partial charge in [0.15, 0.2) is 0 Å². The minimum Gasteiger partial charge on any atom is -0.307 e. The van der Waals surface area contributed by atoms with E-state index in [2.05, 4.69) is 0 Å². The molecular formula is C45H26F12N2O2. The van der Waals surface area contributed by atoms with Crippen molar-refractivity contribution in [1.29, 1.82) is 0 Å². The number of halogens is 12. The largest absolute Gasteiger partial charge is 0.416 e. The van der Waals surface area contributed by atoms with E-state index in [1.54, 1.807) is 32.9 Å². The lowest BCUT2D eigenvalue weighted by Crippen LogP contribution is -2.31. The summed E-state index contributed by atoms with van der Waals surface area (Å²) < 4.78 is 172. The zero-order valence-corrected chi connectivity index (χ0v) is 31.6. The number of hydrogen-bond donors (Lipinski definition) is 0. The summed E-state index contributed by atoms with van der Waals surface area (Å²) in [7, 11) is 0. The molecular weight excluding hydrogens is 828 g/mol. The lowest BCUT2D eigenvalue weighted by molar-refractivity contribution is -0.144. The fraction of sp³-hybridized carbons (Fsp3) is 0.156. The first kappa shape index (κ1) is 41.2. The number of nitrogens with zero attached hydrogens (tertiary/aromatic N) is 2. The molecule has 61 heavy (non-hydrogen) atoms. The van der Waals surface area contributed by atoms with Gasteiger partial charge < -0.3 is 4.57 Å². The molecule has 1 aliphatic heterocycles. The molecule has 0 spiro atoms. The van der Waals surface area contributed by atoms with Crippen LogP contribution in [0.25, 0.3) is 49.7 Å². The van der Waals surface area contributed by atoms with E-state index in [1.807, 2.05) is 0 Å². The molecule has 0 radical (unpaired) electrons. The second kappa shape index (κ2) is 13.7. The molecule has 2 amide bonds. The topological polar surface area (TPSA) is 42.3 Å². The van der Waals surface area contributed by atoms with Gasteiger partial charge >= 0.3 is 24.7 Å². The highest BCUT2D eigenvalue weighted by atomic mass is 19.4. The number of carbonyl (C=O) groups excluding carboxylic acids is 2. The number of para-hydroxylation sites is 2. The van der Waals surface area contributed by atoms with Crippen LogP contribution in [0.5, 0.6) is 0 Å². The van der Waals surface area contributed by atoms with Crippen LogP contribution < -0.4 is 4.90 Å². The molecule has 0 aliphatic carbocycles. The van der Waals surface area contributed by atoms with Crippen molar-refractivity contribution in [1.82, 2.24) is 4.57 Å². The Kier molecular flexibility index (Phi) is 9.26. The summed E-state index contributed by atoms with van der Waals surface area (Å²) >= 11 is 0. The highest BCUT2D eigenvalue weighted by Gasteiger charge is 2.42. The van der Waals surface area contributed by atoms with Gasteiger partial charge in [-0.1, -0.05) is 60.2 Å². The van der Waals surface area contributed by atoms with Crippen molar-refractivity contribution >= 4 is 39.3 Å². The Balaban J connectivity index is 1.54. The van der Waals surface area contributed by atoms with Gasteiger partial charge in [-0.15, -0.1) is 0 Å². The number of rotatable bonds is 4. The summed E-state index contributed by atoms with van der Waals surface area (Å²) in [6.07, 6.45) is -21.1. The summed E-state index contributed by atoms with van der Waals surface area (Å²) in [5.74, 6) is -1.69. The predicted octanol–water partition coefficient (Wildman–Crippen LogP) is 13.9. The molecule has 0 atom stereocenters. The molecule has 0 unspecified atom stereocenters. The van der Waals surface area contributed by atoms with E-state index in [0.717, 1.165) is 10.5 Å². The normalized spacial score (nSPS) is 13.9. The lowest BCUT2D eigenvalue weighted by atomic mass is 9.96. The molecule has 2 heterocycles. The van der Waals surface area contributed by atoms with E-state index in [-0.39, 0.29) is 67.6 Å². The number of imide groups is 1. The molecule has 0 N–H and O–H groups in total. The van der Waals surface area contributed by atoms with Crippen molar-refractivity contribution in [3.8, 4) is 27.9 Å². The zero-order valence-electron chi connectivity index (χ0n) is 31.6. The third-order valence-corrected chi connectivity index (χ3v) is 10.6. The molecule has 8 rings (SSSR count). The number of alkyl halides is 12. The Labute approximate surface area is 337 Å². The first-order chi connectivity index (χ1) is 28.4. The van der Waals surface area contributed by atoms with Crippen LogP contribution in [0.2, 0.25) is 0 Å². The summed E-state index contributed by atoms with van der Waals surface area (Å²) in [6, 6.07) is 17.0. The van der Waals surface area contributed by atoms with Crippen molar-refractivity contribution in [3.63, 3.8) is 0 Å². The Morgan fingerprint density at radius 1 is 0.443 bits per heavy atom. The van der Waals surface area contributed by atoms with Crippen LogP contribution in [0.1, 0.15) is 59.7 Å². The van der Waals surface area contributed by atoms with Gasteiger partial charge in [0, 0.05) is 21.9 Å². The maximum absolute atomic E-state index is 14.7. The molecule has 1 aliphatic rings. The van der Waals surface area contributed by atoms with Gasteiger partial charge in [-0.3, -0.25) is 9.59 Å². The molecule has 0 bridgehead atoms. The van der Waals surface area contributed by atoms with Crippen LogP contribution >= 0.6 is 0 Å². The average molecular weight is 855 g/mol. The van der Waals surface area contributed by atoms with Crippen LogP contribution in [0.15, 0.2) is 103 Å². The van der Waals surface area contributed by atoms with Crippen molar-refractivity contribution in [2.75, 3.05) is 4.90 Å². The standard InChI is InChI=1S/C45H26F12N2O2/c1-21-13-22(2)37(23(3)14-21)59-40(60)34-11-6-12-35(36(34)41(59)61)58-38-30(24-15-26(42(46,47)48)19-27(16-24)43(49,50)51)7-4-9-32(38)33-10-5-8-31(39(33)58)25-17-28(44(52,53)54)20-29(18-25)45(55,56)57/h4-20H,1-3H3. The van der Waals surface area contributed by atoms with Crippen molar-refractivity contribution in [2.24, 2.45) is 0 Å². The number of carbonyl (C=O) groups is 2. The molecule has 16 heteroatoms. The summed E-state index contributed by atoms with van der Waals surface area (Å²) in [4.78, 5) is 29.8. The number of anilines is 1. The lowest BCUT2D eigenvalue weighted by Gasteiger charge is -2.20. The van der Waals surface area contributed by atoms with E-state index in [0.29, 0.717) is 35.4 Å². The Morgan fingerprint density at radius 2 is 0.820 bits per heavy atom. The number of benzene rings is 6. The first-order valence-electron chi connectivity index (χ1n) is 18.1. The summed E-state index contributed by atoms with van der Waals surface area (Å²) in [5.41, 5.74) is -7.34. The number of aryl methyl sites for hydroxylation is 3. The smallest absolute Gasteiger partial charge is 0.307 e.